The van der Waals surface area contributed by atoms with Crippen molar-refractivity contribution < 1.29 is 0 Å². The van der Waals surface area contributed by atoms with Crippen LogP contribution >= 0.6 is 11.7 Å². The van der Waals surface area contributed by atoms with Crippen LogP contribution in [-0.4, -0.2) is 44.5 Å². The fraction of sp³-hybridized carbons (Fsp3) is 0.333. The van der Waals surface area contributed by atoms with Crippen LogP contribution in [0.1, 0.15) is 0 Å². The highest BCUT2D eigenvalue weighted by molar-refractivity contribution is 6.99. The second kappa shape index (κ2) is 5.62. The molecule has 1 fully saturated rings. The summed E-state index contributed by atoms with van der Waals surface area (Å²) < 4.78 is 9.85. The van der Waals surface area contributed by atoms with Crippen molar-refractivity contribution in [3.63, 3.8) is 0 Å². The van der Waals surface area contributed by atoms with Gasteiger partial charge in [-0.05, 0) is 18.2 Å². The SMILES string of the molecule is Cn1cnc2cc(N3CCN(c4cnsn4)CC3)ccc2c1=O. The van der Waals surface area contributed by atoms with Crippen molar-refractivity contribution in [2.75, 3.05) is 36.0 Å². The summed E-state index contributed by atoms with van der Waals surface area (Å²) in [5, 5.41) is 0.658. The van der Waals surface area contributed by atoms with Crippen molar-refractivity contribution in [2.24, 2.45) is 7.05 Å². The summed E-state index contributed by atoms with van der Waals surface area (Å²) in [5.41, 5.74) is 1.84. The van der Waals surface area contributed by atoms with Gasteiger partial charge in [0.15, 0.2) is 5.82 Å². The van der Waals surface area contributed by atoms with E-state index in [2.05, 4.69) is 23.5 Å². The van der Waals surface area contributed by atoms with Crippen LogP contribution in [0.5, 0.6) is 0 Å². The molecule has 23 heavy (non-hydrogen) atoms. The Kier molecular flexibility index (Phi) is 3.45. The van der Waals surface area contributed by atoms with Crippen LogP contribution in [-0.2, 0) is 7.05 Å². The lowest BCUT2D eigenvalue weighted by Crippen LogP contribution is -2.46. The molecule has 1 aliphatic rings. The largest absolute Gasteiger partial charge is 0.368 e. The van der Waals surface area contributed by atoms with Crippen molar-refractivity contribution in [1.29, 1.82) is 0 Å². The number of anilines is 2. The van der Waals surface area contributed by atoms with E-state index in [0.717, 1.165) is 43.2 Å². The van der Waals surface area contributed by atoms with Gasteiger partial charge in [0, 0.05) is 38.9 Å². The minimum Gasteiger partial charge on any atom is -0.368 e. The molecule has 0 spiro atoms. The first-order valence-corrected chi connectivity index (χ1v) is 8.18. The molecule has 0 amide bonds. The average Bonchev–Trinajstić information content (AvgIpc) is 3.13. The molecule has 1 aromatic carbocycles. The molecule has 0 N–H and O–H groups in total. The molecule has 2 aromatic heterocycles. The van der Waals surface area contributed by atoms with Crippen LogP contribution in [0.2, 0.25) is 0 Å². The molecule has 3 aromatic rings. The summed E-state index contributed by atoms with van der Waals surface area (Å²) in [6.45, 7) is 3.64. The summed E-state index contributed by atoms with van der Waals surface area (Å²) in [6.07, 6.45) is 3.39. The van der Waals surface area contributed by atoms with Gasteiger partial charge in [-0.3, -0.25) is 4.79 Å². The smallest absolute Gasteiger partial charge is 0.260 e. The van der Waals surface area contributed by atoms with Crippen LogP contribution in [0.4, 0.5) is 11.5 Å². The molecule has 1 saturated heterocycles. The second-order valence-corrected chi connectivity index (χ2v) is 6.16. The molecule has 0 bridgehead atoms. The fourth-order valence-electron chi connectivity index (χ4n) is 2.89. The zero-order valence-electron chi connectivity index (χ0n) is 12.7. The number of nitrogens with zero attached hydrogens (tertiary/aromatic N) is 6. The predicted octanol–water partition coefficient (Wildman–Crippen LogP) is 1.11. The van der Waals surface area contributed by atoms with Gasteiger partial charge >= 0.3 is 0 Å². The molecule has 0 aliphatic carbocycles. The fourth-order valence-corrected chi connectivity index (χ4v) is 3.32. The normalized spacial score (nSPS) is 15.3. The molecule has 7 nitrogen and oxygen atoms in total. The third-order valence-electron chi connectivity index (χ3n) is 4.22. The lowest BCUT2D eigenvalue weighted by atomic mass is 10.2. The summed E-state index contributed by atoms with van der Waals surface area (Å²) >= 11 is 1.24. The summed E-state index contributed by atoms with van der Waals surface area (Å²) in [4.78, 5) is 21.0. The molecule has 118 valence electrons. The number of hydrogen-bond acceptors (Lipinski definition) is 7. The van der Waals surface area contributed by atoms with E-state index in [0.29, 0.717) is 5.39 Å². The lowest BCUT2D eigenvalue weighted by molar-refractivity contribution is 0.649. The van der Waals surface area contributed by atoms with Gasteiger partial charge in [0.1, 0.15) is 0 Å². The first-order chi connectivity index (χ1) is 11.2. The van der Waals surface area contributed by atoms with Gasteiger partial charge in [0.05, 0.1) is 35.2 Å². The first-order valence-electron chi connectivity index (χ1n) is 7.45. The Labute approximate surface area is 137 Å². The summed E-state index contributed by atoms with van der Waals surface area (Å²) in [6, 6.07) is 5.87. The first kappa shape index (κ1) is 14.1. The Bertz CT molecular complexity index is 883. The van der Waals surface area contributed by atoms with Gasteiger partial charge < -0.3 is 14.4 Å². The minimum absolute atomic E-state index is 0.0117. The maximum atomic E-state index is 12.1. The molecule has 0 saturated carbocycles. The second-order valence-electron chi connectivity index (χ2n) is 5.60. The molecule has 0 radical (unpaired) electrons. The Hall–Kier alpha value is -2.48. The van der Waals surface area contributed by atoms with E-state index in [1.165, 1.54) is 16.3 Å². The zero-order valence-corrected chi connectivity index (χ0v) is 13.5. The van der Waals surface area contributed by atoms with E-state index < -0.39 is 0 Å². The van der Waals surface area contributed by atoms with Gasteiger partial charge in [-0.25, -0.2) is 4.98 Å². The number of rotatable bonds is 2. The molecular formula is C15H16N6OS. The number of hydrogen-bond donors (Lipinski definition) is 0. The number of benzene rings is 1. The summed E-state index contributed by atoms with van der Waals surface area (Å²) in [5.74, 6) is 0.957. The van der Waals surface area contributed by atoms with Crippen molar-refractivity contribution in [3.8, 4) is 0 Å². The number of fused-ring (bicyclic) bond motifs is 1. The zero-order chi connectivity index (χ0) is 15.8. The maximum absolute atomic E-state index is 12.1. The Morgan fingerprint density at radius 3 is 2.65 bits per heavy atom. The van der Waals surface area contributed by atoms with Crippen molar-refractivity contribution in [1.82, 2.24) is 18.3 Å². The minimum atomic E-state index is -0.0117. The van der Waals surface area contributed by atoms with Crippen LogP contribution in [0, 0.1) is 0 Å². The van der Waals surface area contributed by atoms with Gasteiger partial charge in [-0.15, -0.1) is 0 Å². The monoisotopic (exact) mass is 328 g/mol. The van der Waals surface area contributed by atoms with Crippen molar-refractivity contribution >= 4 is 34.1 Å². The molecular weight excluding hydrogens is 312 g/mol. The van der Waals surface area contributed by atoms with E-state index in [4.69, 9.17) is 0 Å². The summed E-state index contributed by atoms with van der Waals surface area (Å²) in [7, 11) is 1.72. The Morgan fingerprint density at radius 1 is 1.13 bits per heavy atom. The highest BCUT2D eigenvalue weighted by atomic mass is 32.1. The quantitative estimate of drug-likeness (QED) is 0.702. The average molecular weight is 328 g/mol. The third kappa shape index (κ3) is 2.55. The van der Waals surface area contributed by atoms with Crippen LogP contribution < -0.4 is 15.4 Å². The van der Waals surface area contributed by atoms with E-state index >= 15 is 0 Å². The molecule has 4 rings (SSSR count). The number of aromatic nitrogens is 4. The molecule has 1 aliphatic heterocycles. The molecule has 3 heterocycles. The number of piperazine rings is 1. The Balaban J connectivity index is 1.56. The Morgan fingerprint density at radius 2 is 1.91 bits per heavy atom. The maximum Gasteiger partial charge on any atom is 0.260 e. The standard InChI is InChI=1S/C15H16N6OS/c1-19-10-16-13-8-11(2-3-12(13)15(19)22)20-4-6-21(7-5-20)14-9-17-23-18-14/h2-3,8-10H,4-7H2,1H3. The van der Waals surface area contributed by atoms with E-state index in [1.54, 1.807) is 13.4 Å². The van der Waals surface area contributed by atoms with E-state index in [1.807, 2.05) is 24.4 Å². The van der Waals surface area contributed by atoms with Crippen LogP contribution in [0.3, 0.4) is 0 Å². The van der Waals surface area contributed by atoms with Gasteiger partial charge in [0.25, 0.3) is 5.56 Å². The van der Waals surface area contributed by atoms with Gasteiger partial charge in [-0.1, -0.05) is 0 Å². The van der Waals surface area contributed by atoms with Crippen LogP contribution in [0.25, 0.3) is 10.9 Å². The van der Waals surface area contributed by atoms with E-state index in [9.17, 15) is 4.79 Å². The molecule has 0 atom stereocenters. The van der Waals surface area contributed by atoms with Crippen molar-refractivity contribution in [2.45, 2.75) is 0 Å². The lowest BCUT2D eigenvalue weighted by Gasteiger charge is -2.36. The predicted molar refractivity (Wildman–Crippen MR) is 91.3 cm³/mol. The van der Waals surface area contributed by atoms with Crippen molar-refractivity contribution in [3.05, 3.63) is 41.1 Å². The van der Waals surface area contributed by atoms with Crippen LogP contribution in [0.15, 0.2) is 35.5 Å². The topological polar surface area (TPSA) is 67.2 Å². The third-order valence-corrected chi connectivity index (χ3v) is 4.69. The van der Waals surface area contributed by atoms with E-state index in [-0.39, 0.29) is 5.56 Å². The molecule has 8 heteroatoms. The highest BCUT2D eigenvalue weighted by Gasteiger charge is 2.19. The van der Waals surface area contributed by atoms with Gasteiger partial charge in [0.2, 0.25) is 0 Å². The number of aryl methyl sites for hydroxylation is 1. The highest BCUT2D eigenvalue weighted by Crippen LogP contribution is 2.22. The van der Waals surface area contributed by atoms with Gasteiger partial charge in [-0.2, -0.15) is 8.75 Å². The molecule has 0 unspecified atom stereocenters.